The highest BCUT2D eigenvalue weighted by atomic mass is 35.5. The van der Waals surface area contributed by atoms with Crippen molar-refractivity contribution in [2.75, 3.05) is 22.2 Å². The number of ether oxygens (including phenoxy) is 1. The second-order valence-electron chi connectivity index (χ2n) is 13.7. The number of rotatable bonds is 6. The number of nitrogens with zero attached hydrogens (tertiary/aromatic N) is 2. The predicted molar refractivity (Wildman–Crippen MR) is 189 cm³/mol. The fourth-order valence-corrected chi connectivity index (χ4v) is 8.96. The van der Waals surface area contributed by atoms with E-state index in [0.717, 1.165) is 27.9 Å². The molecule has 6 atom stereocenters. The van der Waals surface area contributed by atoms with Crippen LogP contribution in [0.2, 0.25) is 5.02 Å². The van der Waals surface area contributed by atoms with Gasteiger partial charge >= 0.3 is 0 Å². The quantitative estimate of drug-likeness (QED) is 0.159. The fraction of sp³-hybridized carbons (Fsp3) is 0.250. The molecule has 2 saturated heterocycles. The molecule has 11 heteroatoms. The number of allylic oxidation sites excluding steroid dienone is 2. The van der Waals surface area contributed by atoms with E-state index in [1.807, 2.05) is 48.5 Å². The molecule has 2 N–H and O–H groups in total. The highest BCUT2D eigenvalue weighted by Gasteiger charge is 2.67. The van der Waals surface area contributed by atoms with Crippen LogP contribution >= 0.6 is 11.6 Å². The number of phenolic OH excluding ortho intramolecular Hbond substituents is 1. The minimum absolute atomic E-state index is 0.140. The van der Waals surface area contributed by atoms with Crippen LogP contribution in [-0.2, 0) is 19.2 Å². The first-order valence-corrected chi connectivity index (χ1v) is 17.1. The van der Waals surface area contributed by atoms with E-state index in [-0.39, 0.29) is 46.9 Å². The van der Waals surface area contributed by atoms with E-state index in [1.54, 1.807) is 31.2 Å². The van der Waals surface area contributed by atoms with Crippen LogP contribution in [0.4, 0.5) is 27.1 Å². The molecule has 51 heavy (non-hydrogen) atoms. The molecule has 4 amide bonds. The molecular weight excluding hydrogens is 673 g/mol. The van der Waals surface area contributed by atoms with E-state index in [1.165, 1.54) is 30.2 Å². The van der Waals surface area contributed by atoms with Crippen LogP contribution in [0.15, 0.2) is 103 Å². The maximum atomic E-state index is 14.6. The molecule has 0 unspecified atom stereocenters. The highest BCUT2D eigenvalue weighted by molar-refractivity contribution is 6.32. The van der Waals surface area contributed by atoms with Gasteiger partial charge in [0.2, 0.25) is 23.6 Å². The van der Waals surface area contributed by atoms with Crippen LogP contribution in [0, 0.1) is 34.9 Å². The number of halogens is 2. The lowest BCUT2D eigenvalue weighted by atomic mass is 9.51. The molecular formula is C40H33ClFN3O6. The Labute approximate surface area is 298 Å². The first-order chi connectivity index (χ1) is 24.5. The van der Waals surface area contributed by atoms with Crippen molar-refractivity contribution in [2.24, 2.45) is 29.1 Å². The van der Waals surface area contributed by atoms with E-state index in [4.69, 9.17) is 16.3 Å². The van der Waals surface area contributed by atoms with Crippen molar-refractivity contribution in [2.45, 2.75) is 25.7 Å². The Morgan fingerprint density at radius 3 is 2.24 bits per heavy atom. The van der Waals surface area contributed by atoms with Crippen molar-refractivity contribution in [1.82, 2.24) is 0 Å². The van der Waals surface area contributed by atoms with Crippen molar-refractivity contribution in [1.29, 1.82) is 0 Å². The van der Waals surface area contributed by atoms with Gasteiger partial charge in [0.05, 0.1) is 46.7 Å². The number of benzene rings is 4. The molecule has 2 aliphatic carbocycles. The molecule has 2 aliphatic heterocycles. The predicted octanol–water partition coefficient (Wildman–Crippen LogP) is 7.37. The molecule has 4 aromatic rings. The molecule has 0 radical (unpaired) electrons. The number of imide groups is 2. The Hall–Kier alpha value is -5.48. The maximum Gasteiger partial charge on any atom is 0.241 e. The highest BCUT2D eigenvalue weighted by Crippen LogP contribution is 2.64. The largest absolute Gasteiger partial charge is 0.504 e. The molecule has 3 fully saturated rings. The number of methoxy groups -OCH3 is 1. The summed E-state index contributed by atoms with van der Waals surface area (Å²) < 4.78 is 19.4. The number of para-hydroxylation sites is 1. The SMILES string of the molecule is COc1ccc([C@H]2C3=CC[C@@H]4C(=O)N(c5ccc(Nc6ccccc6)cc5)C(=O)[C@@H]4[C@@H]3C[C@H]3C(=O)N(c4ccc(F)c(Cl)c4)C(=O)[C@@]23C)cc1O. The maximum absolute atomic E-state index is 14.6. The number of anilines is 4. The summed E-state index contributed by atoms with van der Waals surface area (Å²) in [7, 11) is 1.43. The molecule has 4 aliphatic rings. The van der Waals surface area contributed by atoms with Crippen LogP contribution in [-0.4, -0.2) is 35.8 Å². The summed E-state index contributed by atoms with van der Waals surface area (Å²) in [6, 6.07) is 25.3. The molecule has 0 spiro atoms. The van der Waals surface area contributed by atoms with Gasteiger partial charge in [-0.05, 0) is 98.0 Å². The van der Waals surface area contributed by atoms with Gasteiger partial charge in [0.25, 0.3) is 0 Å². The summed E-state index contributed by atoms with van der Waals surface area (Å²) >= 11 is 6.09. The summed E-state index contributed by atoms with van der Waals surface area (Å²) in [6.07, 6.45) is 2.35. The lowest BCUT2D eigenvalue weighted by molar-refractivity contribution is -0.131. The van der Waals surface area contributed by atoms with Gasteiger partial charge in [-0.25, -0.2) is 9.29 Å². The Morgan fingerprint density at radius 2 is 1.55 bits per heavy atom. The summed E-state index contributed by atoms with van der Waals surface area (Å²) in [5.41, 5.74) is 2.26. The first-order valence-electron chi connectivity index (χ1n) is 16.7. The third-order valence-corrected chi connectivity index (χ3v) is 11.4. The van der Waals surface area contributed by atoms with Crippen LogP contribution in [0.3, 0.4) is 0 Å². The van der Waals surface area contributed by atoms with Crippen molar-refractivity contribution < 1.29 is 33.4 Å². The first kappa shape index (κ1) is 32.7. The lowest BCUT2D eigenvalue weighted by Crippen LogP contribution is -2.48. The molecule has 8 rings (SSSR count). The van der Waals surface area contributed by atoms with Gasteiger partial charge in [-0.1, -0.05) is 47.5 Å². The Morgan fingerprint density at radius 1 is 0.843 bits per heavy atom. The number of phenols is 1. The normalized spacial score (nSPS) is 26.8. The van der Waals surface area contributed by atoms with E-state index in [2.05, 4.69) is 5.32 Å². The van der Waals surface area contributed by atoms with E-state index in [9.17, 15) is 28.7 Å². The average molecular weight is 706 g/mol. The number of hydrogen-bond donors (Lipinski definition) is 2. The number of hydrogen-bond acceptors (Lipinski definition) is 7. The molecule has 0 aromatic heterocycles. The molecule has 4 aromatic carbocycles. The zero-order valence-corrected chi connectivity index (χ0v) is 28.4. The minimum atomic E-state index is -1.35. The van der Waals surface area contributed by atoms with Crippen molar-refractivity contribution in [3.63, 3.8) is 0 Å². The lowest BCUT2D eigenvalue weighted by Gasteiger charge is -2.49. The molecule has 9 nitrogen and oxygen atoms in total. The summed E-state index contributed by atoms with van der Waals surface area (Å²) in [4.78, 5) is 59.7. The summed E-state index contributed by atoms with van der Waals surface area (Å²) in [5, 5.41) is 13.9. The smallest absolute Gasteiger partial charge is 0.241 e. The number of aromatic hydroxyl groups is 1. The molecule has 258 valence electrons. The van der Waals surface area contributed by atoms with Gasteiger partial charge in [0, 0.05) is 17.3 Å². The monoisotopic (exact) mass is 705 g/mol. The van der Waals surface area contributed by atoms with Gasteiger partial charge in [0.15, 0.2) is 11.5 Å². The van der Waals surface area contributed by atoms with Crippen LogP contribution in [0.1, 0.15) is 31.2 Å². The minimum Gasteiger partial charge on any atom is -0.504 e. The zero-order valence-electron chi connectivity index (χ0n) is 27.7. The topological polar surface area (TPSA) is 116 Å². The number of carbonyl (C=O) groups is 4. The molecule has 0 bridgehead atoms. The molecule has 2 heterocycles. The average Bonchev–Trinajstić information content (AvgIpc) is 3.49. The number of fused-ring (bicyclic) bond motifs is 4. The van der Waals surface area contributed by atoms with E-state index < -0.39 is 52.6 Å². The zero-order chi connectivity index (χ0) is 35.8. The van der Waals surface area contributed by atoms with Crippen LogP contribution < -0.4 is 19.9 Å². The summed E-state index contributed by atoms with van der Waals surface area (Å²) in [5.74, 6) is -5.87. The molecule has 1 saturated carbocycles. The standard InChI is InChI=1S/C40H33ClFN3O6/c1-40-29(37(48)45(39(40)50)25-13-16-31(42)30(41)19-25)20-28-26(35(40)21-8-17-33(51-2)32(46)18-21)14-15-27-34(28)38(49)44(36(27)47)24-11-9-23(10-12-24)43-22-6-4-3-5-7-22/h3-14,16-19,27-29,34-35,43,46H,15,20H2,1-2H3/t27-,28+,29-,34-,35-,40+/m0/s1. The Balaban J connectivity index is 1.18. The van der Waals surface area contributed by atoms with E-state index >= 15 is 0 Å². The number of nitrogens with one attached hydrogen (secondary N) is 1. The summed E-state index contributed by atoms with van der Waals surface area (Å²) in [6.45, 7) is 1.73. The second kappa shape index (κ2) is 12.1. The third kappa shape index (κ3) is 4.95. The van der Waals surface area contributed by atoms with Crippen LogP contribution in [0.5, 0.6) is 11.5 Å². The van der Waals surface area contributed by atoms with Gasteiger partial charge < -0.3 is 15.2 Å². The number of amides is 4. The van der Waals surface area contributed by atoms with Crippen LogP contribution in [0.25, 0.3) is 0 Å². The fourth-order valence-electron chi connectivity index (χ4n) is 8.79. The van der Waals surface area contributed by atoms with Gasteiger partial charge in [-0.2, -0.15) is 0 Å². The van der Waals surface area contributed by atoms with Gasteiger partial charge in [0.1, 0.15) is 5.82 Å². The third-order valence-electron chi connectivity index (χ3n) is 11.2. The Bertz CT molecular complexity index is 2160. The van der Waals surface area contributed by atoms with Gasteiger partial charge in [-0.15, -0.1) is 0 Å². The van der Waals surface area contributed by atoms with Crippen molar-refractivity contribution >= 4 is 58.0 Å². The van der Waals surface area contributed by atoms with E-state index in [0.29, 0.717) is 11.3 Å². The number of carbonyl (C=O) groups excluding carboxylic acids is 4. The Kier molecular flexibility index (Phi) is 7.75. The van der Waals surface area contributed by atoms with Crippen molar-refractivity contribution in [3.8, 4) is 11.5 Å². The van der Waals surface area contributed by atoms with Crippen molar-refractivity contribution in [3.05, 3.63) is 119 Å². The second-order valence-corrected chi connectivity index (χ2v) is 14.1. The van der Waals surface area contributed by atoms with Gasteiger partial charge in [-0.3, -0.25) is 24.1 Å².